The summed E-state index contributed by atoms with van der Waals surface area (Å²) in [6, 6.07) is 0.276. The number of fused-ring (bicyclic) bond motifs is 8. The minimum atomic E-state index is -1.47. The number of ether oxygens (including phenoxy) is 2. The van der Waals surface area contributed by atoms with Crippen molar-refractivity contribution in [3.63, 3.8) is 0 Å². The molecule has 9 nitrogen and oxygen atoms in total. The molecule has 3 aliphatic heterocycles. The van der Waals surface area contributed by atoms with E-state index in [0.717, 1.165) is 51.6 Å². The van der Waals surface area contributed by atoms with Crippen LogP contribution in [-0.2, 0) is 14.3 Å². The third-order valence-corrected chi connectivity index (χ3v) is 14.0. The molecule has 0 unspecified atom stereocenters. The van der Waals surface area contributed by atoms with Crippen LogP contribution in [0.2, 0.25) is 0 Å². The van der Waals surface area contributed by atoms with Crippen molar-refractivity contribution in [2.75, 3.05) is 19.7 Å². The van der Waals surface area contributed by atoms with Gasteiger partial charge in [-0.3, -0.25) is 9.69 Å². The normalized spacial score (nSPS) is 57.9. The zero-order chi connectivity index (χ0) is 29.7. The van der Waals surface area contributed by atoms with Crippen LogP contribution in [-0.4, -0.2) is 104 Å². The van der Waals surface area contributed by atoms with E-state index in [1.165, 1.54) is 6.42 Å². The highest BCUT2D eigenvalue weighted by Crippen LogP contribution is 2.66. The van der Waals surface area contributed by atoms with Gasteiger partial charge < -0.3 is 35.0 Å². The Hall–Kier alpha value is -0.650. The third-order valence-electron chi connectivity index (χ3n) is 14.0. The van der Waals surface area contributed by atoms with Crippen LogP contribution in [0.1, 0.15) is 78.6 Å². The number of carbonyl (C=O) groups excluding carboxylic acids is 1. The summed E-state index contributed by atoms with van der Waals surface area (Å²) in [7, 11) is 0. The van der Waals surface area contributed by atoms with Gasteiger partial charge in [0.2, 0.25) is 0 Å². The molecule has 0 aromatic carbocycles. The van der Waals surface area contributed by atoms with Crippen molar-refractivity contribution in [3.05, 3.63) is 0 Å². The van der Waals surface area contributed by atoms with Gasteiger partial charge in [-0.25, -0.2) is 0 Å². The van der Waals surface area contributed by atoms with E-state index in [-0.39, 0.29) is 23.5 Å². The van der Waals surface area contributed by atoms with Crippen molar-refractivity contribution < 1.29 is 39.8 Å². The van der Waals surface area contributed by atoms with Crippen LogP contribution in [0.4, 0.5) is 0 Å². The second kappa shape index (κ2) is 10.7. The smallest absolute Gasteiger partial charge is 0.186 e. The number of ketones is 1. The Morgan fingerprint density at radius 1 is 0.905 bits per heavy atom. The Morgan fingerprint density at radius 2 is 1.69 bits per heavy atom. The molecule has 7 fully saturated rings. The van der Waals surface area contributed by atoms with Crippen LogP contribution in [0.25, 0.3) is 0 Å². The molecule has 7 aliphatic rings. The molecule has 9 heteroatoms. The predicted octanol–water partition coefficient (Wildman–Crippen LogP) is 1.71. The topological polar surface area (TPSA) is 140 Å². The number of aliphatic hydroxyl groups excluding tert-OH is 4. The average Bonchev–Trinajstić information content (AvgIpc) is 3.33. The Bertz CT molecular complexity index is 1040. The molecular formula is C33H53NO8. The summed E-state index contributed by atoms with van der Waals surface area (Å²) >= 11 is 0. The molecule has 238 valence electrons. The minimum absolute atomic E-state index is 0.0958. The summed E-state index contributed by atoms with van der Waals surface area (Å²) in [5, 5.41) is 52.4. The molecule has 0 radical (unpaired) electrons. The molecule has 42 heavy (non-hydrogen) atoms. The summed E-state index contributed by atoms with van der Waals surface area (Å²) in [6.07, 6.45) is 1.67. The van der Waals surface area contributed by atoms with Gasteiger partial charge in [-0.1, -0.05) is 13.8 Å². The number of piperidine rings is 2. The van der Waals surface area contributed by atoms with Gasteiger partial charge in [0.1, 0.15) is 30.2 Å². The van der Waals surface area contributed by atoms with Gasteiger partial charge in [-0.15, -0.1) is 0 Å². The molecule has 4 aliphatic carbocycles. The van der Waals surface area contributed by atoms with E-state index in [2.05, 4.69) is 25.7 Å². The van der Waals surface area contributed by atoms with Gasteiger partial charge in [0, 0.05) is 31.5 Å². The SMILES string of the molecule is C[C@@H]1CC[C@H]2N(C1)C[C@@H]1[C@H]3C[C@@H]4[C@H](CC(=O)[C@@H]5C[C@H](O[C@H]6O[C@@H](CO)[C@H](O)[C@@H](O)[C@@H]6O)CC[C@@]45C)[C@H]3CC[C@@H]1[C@@]2(C)O. The number of carbonyl (C=O) groups is 1. The molecular weight excluding hydrogens is 538 g/mol. The molecule has 0 spiro atoms. The summed E-state index contributed by atoms with van der Waals surface area (Å²) in [5.41, 5.74) is -0.745. The molecule has 17 atom stereocenters. The van der Waals surface area contributed by atoms with Crippen molar-refractivity contribution in [1.82, 2.24) is 4.90 Å². The summed E-state index contributed by atoms with van der Waals surface area (Å²) < 4.78 is 11.8. The first kappa shape index (κ1) is 30.0. The van der Waals surface area contributed by atoms with E-state index in [9.17, 15) is 30.3 Å². The maximum atomic E-state index is 13.9. The number of nitrogens with zero attached hydrogens (tertiary/aromatic N) is 1. The molecule has 0 bridgehead atoms. The van der Waals surface area contributed by atoms with Crippen LogP contribution in [0, 0.1) is 52.8 Å². The van der Waals surface area contributed by atoms with Gasteiger partial charge in [0.25, 0.3) is 0 Å². The fourth-order valence-electron chi connectivity index (χ4n) is 11.8. The fraction of sp³-hybridized carbons (Fsp3) is 0.970. The lowest BCUT2D eigenvalue weighted by molar-refractivity contribution is -0.315. The number of Topliss-reactive ketones (excluding diaryl/α,β-unsaturated/α-hetero) is 1. The molecule has 4 saturated carbocycles. The Morgan fingerprint density at radius 3 is 2.45 bits per heavy atom. The Kier molecular flexibility index (Phi) is 7.66. The van der Waals surface area contributed by atoms with Gasteiger partial charge in [-0.2, -0.15) is 0 Å². The van der Waals surface area contributed by atoms with Crippen LogP contribution < -0.4 is 0 Å². The summed E-state index contributed by atoms with van der Waals surface area (Å²) in [5.74, 6) is 3.79. The van der Waals surface area contributed by atoms with E-state index in [0.29, 0.717) is 60.1 Å². The maximum Gasteiger partial charge on any atom is 0.186 e. The first-order valence-electron chi connectivity index (χ1n) is 16.9. The standard InChI is InChI=1S/C33H53NO8/c1-16-4-7-27-33(3,40)22-6-5-18-19(21(22)14-34(27)13-16)11-23-20(18)12-25(36)24-10-17(8-9-32(23,24)2)41-31-30(39)29(38)28(37)26(15-35)42-31/h16-24,26-31,35,37-40H,4-15H2,1-3H3/t16-,17-,18+,19+,20-,21-,22+,23-,24+,26+,27-,28+,29-,30+,31+,32+,33-/m1/s1. The average molecular weight is 592 g/mol. The lowest BCUT2D eigenvalue weighted by atomic mass is 9.51. The largest absolute Gasteiger partial charge is 0.394 e. The molecule has 0 aromatic rings. The number of rotatable bonds is 3. The second-order valence-electron chi connectivity index (χ2n) is 16.0. The van der Waals surface area contributed by atoms with E-state index < -0.39 is 42.9 Å². The number of hydrogen-bond acceptors (Lipinski definition) is 9. The first-order valence-corrected chi connectivity index (χ1v) is 16.9. The minimum Gasteiger partial charge on any atom is -0.394 e. The summed E-state index contributed by atoms with van der Waals surface area (Å²) in [4.78, 5) is 16.5. The lowest BCUT2D eigenvalue weighted by Gasteiger charge is -2.59. The predicted molar refractivity (Wildman–Crippen MR) is 153 cm³/mol. The highest BCUT2D eigenvalue weighted by Gasteiger charge is 2.64. The fourth-order valence-corrected chi connectivity index (χ4v) is 11.8. The van der Waals surface area contributed by atoms with Crippen LogP contribution in [0.15, 0.2) is 0 Å². The number of hydrogen-bond donors (Lipinski definition) is 5. The van der Waals surface area contributed by atoms with Crippen molar-refractivity contribution in [2.24, 2.45) is 52.8 Å². The molecule has 7 rings (SSSR count). The van der Waals surface area contributed by atoms with Crippen molar-refractivity contribution >= 4 is 5.78 Å². The Labute approximate surface area is 249 Å². The van der Waals surface area contributed by atoms with Crippen molar-refractivity contribution in [1.29, 1.82) is 0 Å². The van der Waals surface area contributed by atoms with E-state index in [1.54, 1.807) is 0 Å². The van der Waals surface area contributed by atoms with Gasteiger partial charge >= 0.3 is 0 Å². The molecule has 0 aromatic heterocycles. The summed E-state index contributed by atoms with van der Waals surface area (Å²) in [6.45, 7) is 8.49. The van der Waals surface area contributed by atoms with Crippen molar-refractivity contribution in [2.45, 2.75) is 127 Å². The maximum absolute atomic E-state index is 13.9. The van der Waals surface area contributed by atoms with Crippen LogP contribution in [0.3, 0.4) is 0 Å². The molecule has 3 heterocycles. The zero-order valence-corrected chi connectivity index (χ0v) is 25.6. The lowest BCUT2D eigenvalue weighted by Crippen LogP contribution is -2.67. The third kappa shape index (κ3) is 4.50. The molecule has 0 amide bonds. The quantitative estimate of drug-likeness (QED) is 0.310. The van der Waals surface area contributed by atoms with E-state index in [4.69, 9.17) is 9.47 Å². The number of aliphatic hydroxyl groups is 5. The monoisotopic (exact) mass is 591 g/mol. The van der Waals surface area contributed by atoms with Gasteiger partial charge in [0.05, 0.1) is 18.3 Å². The zero-order valence-electron chi connectivity index (χ0n) is 25.6. The first-order chi connectivity index (χ1) is 19.9. The van der Waals surface area contributed by atoms with Crippen LogP contribution in [0.5, 0.6) is 0 Å². The highest BCUT2D eigenvalue weighted by molar-refractivity contribution is 5.83. The van der Waals surface area contributed by atoms with E-state index >= 15 is 0 Å². The van der Waals surface area contributed by atoms with Gasteiger partial charge in [-0.05, 0) is 105 Å². The Balaban J connectivity index is 1.07. The van der Waals surface area contributed by atoms with Gasteiger partial charge in [0.15, 0.2) is 6.29 Å². The molecule has 3 saturated heterocycles. The second-order valence-corrected chi connectivity index (χ2v) is 16.0. The van der Waals surface area contributed by atoms with Crippen LogP contribution >= 0.6 is 0 Å². The highest BCUT2D eigenvalue weighted by atomic mass is 16.7. The molecule has 5 N–H and O–H groups in total. The van der Waals surface area contributed by atoms with E-state index in [1.807, 2.05) is 0 Å². The van der Waals surface area contributed by atoms with Crippen molar-refractivity contribution in [3.8, 4) is 0 Å².